The minimum atomic E-state index is 0.0109. The molecule has 0 radical (unpaired) electrons. The summed E-state index contributed by atoms with van der Waals surface area (Å²) in [5.74, 6) is 9.57. The molecule has 7 atom stereocenters. The number of likely N-dealkylation sites (tertiary alicyclic amines) is 3. The fourth-order valence-corrected chi connectivity index (χ4v) is 9.15. The molecule has 2 aliphatic carbocycles. The number of nitrogens with one attached hydrogen (secondary N) is 2. The van der Waals surface area contributed by atoms with Crippen molar-refractivity contribution in [2.75, 3.05) is 33.4 Å². The van der Waals surface area contributed by atoms with Crippen molar-refractivity contribution < 1.29 is 9.53 Å². The number of amides is 1. The Balaban J connectivity index is 1.07. The van der Waals surface area contributed by atoms with Crippen molar-refractivity contribution in [2.45, 2.75) is 120 Å². The van der Waals surface area contributed by atoms with E-state index in [4.69, 9.17) is 10.5 Å². The Kier molecular flexibility index (Phi) is 9.41. The van der Waals surface area contributed by atoms with Gasteiger partial charge in [0.1, 0.15) is 0 Å². The van der Waals surface area contributed by atoms with Crippen LogP contribution in [0.1, 0.15) is 77.6 Å². The van der Waals surface area contributed by atoms with Crippen LogP contribution >= 0.6 is 0 Å². The third-order valence-corrected chi connectivity index (χ3v) is 11.5. The average Bonchev–Trinajstić information content (AvgIpc) is 3.25. The molecule has 8 heteroatoms. The van der Waals surface area contributed by atoms with Gasteiger partial charge in [-0.15, -0.1) is 0 Å². The third-order valence-electron chi connectivity index (χ3n) is 11.5. The van der Waals surface area contributed by atoms with Crippen LogP contribution in [0.2, 0.25) is 0 Å². The quantitative estimate of drug-likeness (QED) is 0.349. The molecule has 6 unspecified atom stereocenters. The van der Waals surface area contributed by atoms with Crippen LogP contribution < -0.4 is 16.4 Å². The van der Waals surface area contributed by atoms with E-state index in [2.05, 4.69) is 52.8 Å². The summed E-state index contributed by atoms with van der Waals surface area (Å²) in [4.78, 5) is 19.2. The first-order valence-electron chi connectivity index (χ1n) is 16.7. The number of rotatable bonds is 5. The molecule has 4 saturated heterocycles. The van der Waals surface area contributed by atoms with E-state index in [1.165, 1.54) is 63.9 Å². The number of carbonyl (C=O) groups excluding carboxylic acids is 1. The standard InChI is InChI=1S/C33H54N6O2/c1-4-29(40)39-17-16-25(18-22(39)2)38-19-23(20-38)10-15-28-30(31-32(34)35-21-36-33(31)37(28)3)24-11-13-27(14-12-24)41-26-8-6-5-7-9-26/h4,22-28,30-33,35-36H,1,5-9,11-14,16-21,34H2,2-3H3/t22-,24?,25?,27?,28?,30?,31?,32?,33?/m0/s1. The van der Waals surface area contributed by atoms with E-state index in [-0.39, 0.29) is 30.3 Å². The number of fused-ring (bicyclic) bond motifs is 1. The molecular formula is C33H54N6O2. The predicted molar refractivity (Wildman–Crippen MR) is 162 cm³/mol. The van der Waals surface area contributed by atoms with Crippen molar-refractivity contribution in [1.29, 1.82) is 0 Å². The zero-order valence-electron chi connectivity index (χ0n) is 25.5. The number of ether oxygens (including phenoxy) is 1. The monoisotopic (exact) mass is 566 g/mol. The molecule has 0 bridgehead atoms. The minimum absolute atomic E-state index is 0.0109. The molecule has 4 aliphatic heterocycles. The summed E-state index contributed by atoms with van der Waals surface area (Å²) in [7, 11) is 2.26. The van der Waals surface area contributed by atoms with Crippen molar-refractivity contribution >= 4 is 5.91 Å². The highest BCUT2D eigenvalue weighted by molar-refractivity contribution is 5.87. The van der Waals surface area contributed by atoms with Crippen molar-refractivity contribution in [1.82, 2.24) is 25.3 Å². The molecule has 6 rings (SSSR count). The van der Waals surface area contributed by atoms with E-state index >= 15 is 0 Å². The van der Waals surface area contributed by atoms with E-state index in [0.29, 0.717) is 41.9 Å². The van der Waals surface area contributed by atoms with Crippen molar-refractivity contribution in [2.24, 2.45) is 29.4 Å². The molecule has 41 heavy (non-hydrogen) atoms. The second kappa shape index (κ2) is 13.0. The molecule has 0 spiro atoms. The van der Waals surface area contributed by atoms with Gasteiger partial charge in [0, 0.05) is 50.2 Å². The highest BCUT2D eigenvalue weighted by Gasteiger charge is 2.53. The lowest BCUT2D eigenvalue weighted by atomic mass is 9.70. The van der Waals surface area contributed by atoms with Gasteiger partial charge < -0.3 is 15.4 Å². The maximum Gasteiger partial charge on any atom is 0.246 e. The van der Waals surface area contributed by atoms with E-state index < -0.39 is 0 Å². The van der Waals surface area contributed by atoms with Gasteiger partial charge in [-0.3, -0.25) is 25.2 Å². The number of carbonyl (C=O) groups is 1. The van der Waals surface area contributed by atoms with Crippen molar-refractivity contribution in [3.05, 3.63) is 12.7 Å². The number of nitrogens with zero attached hydrogens (tertiary/aromatic N) is 3. The smallest absolute Gasteiger partial charge is 0.246 e. The molecule has 2 saturated carbocycles. The van der Waals surface area contributed by atoms with Gasteiger partial charge in [-0.2, -0.15) is 0 Å². The van der Waals surface area contributed by atoms with Gasteiger partial charge in [0.15, 0.2) is 0 Å². The first-order chi connectivity index (χ1) is 19.9. The molecule has 228 valence electrons. The maximum absolute atomic E-state index is 12.1. The summed E-state index contributed by atoms with van der Waals surface area (Å²) in [5.41, 5.74) is 6.75. The average molecular weight is 567 g/mol. The molecule has 0 aromatic carbocycles. The lowest BCUT2D eigenvalue weighted by molar-refractivity contribution is -0.130. The van der Waals surface area contributed by atoms with Gasteiger partial charge in [-0.05, 0) is 83.2 Å². The largest absolute Gasteiger partial charge is 0.375 e. The number of nitrogens with two attached hydrogens (primary N) is 1. The lowest BCUT2D eigenvalue weighted by Gasteiger charge is -2.47. The summed E-state index contributed by atoms with van der Waals surface area (Å²) in [6.07, 6.45) is 16.2. The van der Waals surface area contributed by atoms with Crippen LogP contribution in [0.5, 0.6) is 0 Å². The number of piperidine rings is 1. The van der Waals surface area contributed by atoms with Crippen LogP contribution in [0.3, 0.4) is 0 Å². The van der Waals surface area contributed by atoms with Gasteiger partial charge in [-0.25, -0.2) is 0 Å². The van der Waals surface area contributed by atoms with E-state index in [1.54, 1.807) is 0 Å². The minimum Gasteiger partial charge on any atom is -0.375 e. The summed E-state index contributed by atoms with van der Waals surface area (Å²) < 4.78 is 6.59. The molecule has 8 nitrogen and oxygen atoms in total. The van der Waals surface area contributed by atoms with Crippen LogP contribution in [-0.4, -0.2) is 96.6 Å². The first-order valence-corrected chi connectivity index (χ1v) is 16.7. The van der Waals surface area contributed by atoms with E-state index in [0.717, 1.165) is 39.1 Å². The molecule has 4 N–H and O–H groups in total. The molecule has 4 heterocycles. The van der Waals surface area contributed by atoms with Gasteiger partial charge in [0.25, 0.3) is 0 Å². The van der Waals surface area contributed by atoms with Crippen LogP contribution in [0.15, 0.2) is 12.7 Å². The van der Waals surface area contributed by atoms with Crippen molar-refractivity contribution in [3.63, 3.8) is 0 Å². The van der Waals surface area contributed by atoms with E-state index in [1.807, 2.05) is 4.90 Å². The van der Waals surface area contributed by atoms with Crippen LogP contribution in [0.4, 0.5) is 0 Å². The zero-order chi connectivity index (χ0) is 28.5. The van der Waals surface area contributed by atoms with Crippen LogP contribution in [-0.2, 0) is 9.53 Å². The normalized spacial score (nSPS) is 41.2. The second-order valence-corrected chi connectivity index (χ2v) is 14.0. The van der Waals surface area contributed by atoms with Gasteiger partial charge in [0.2, 0.25) is 5.91 Å². The second-order valence-electron chi connectivity index (χ2n) is 14.0. The first kappa shape index (κ1) is 29.6. The van der Waals surface area contributed by atoms with Crippen LogP contribution in [0, 0.1) is 35.5 Å². The number of hydrogen-bond donors (Lipinski definition) is 3. The Morgan fingerprint density at radius 3 is 2.41 bits per heavy atom. The zero-order valence-corrected chi connectivity index (χ0v) is 25.5. The fraction of sp³-hybridized carbons (Fsp3) is 0.848. The Labute approximate surface area is 248 Å². The topological polar surface area (TPSA) is 86.1 Å². The Morgan fingerprint density at radius 1 is 0.976 bits per heavy atom. The van der Waals surface area contributed by atoms with Crippen molar-refractivity contribution in [3.8, 4) is 11.8 Å². The van der Waals surface area contributed by atoms with E-state index in [9.17, 15) is 4.79 Å². The third kappa shape index (κ3) is 6.27. The maximum atomic E-state index is 12.1. The van der Waals surface area contributed by atoms with Crippen LogP contribution in [0.25, 0.3) is 0 Å². The Bertz CT molecular complexity index is 976. The SMILES string of the molecule is C=CC(=O)N1CCC(N2CC(C#CC3C(C4CCC(OC5CCCCC5)CC4)C4C(N)NCNC4N3C)C2)C[C@@H]1C. The number of hydrogen-bond acceptors (Lipinski definition) is 7. The lowest BCUT2D eigenvalue weighted by Crippen LogP contribution is -2.63. The summed E-state index contributed by atoms with van der Waals surface area (Å²) >= 11 is 0. The highest BCUT2D eigenvalue weighted by Crippen LogP contribution is 2.46. The Morgan fingerprint density at radius 2 is 1.71 bits per heavy atom. The molecule has 0 aromatic rings. The molecule has 1 amide bonds. The predicted octanol–water partition coefficient (Wildman–Crippen LogP) is 2.70. The molecule has 0 aromatic heterocycles. The summed E-state index contributed by atoms with van der Waals surface area (Å²) in [6.45, 7) is 9.53. The Hall–Kier alpha value is -1.47. The molecular weight excluding hydrogens is 512 g/mol. The molecule has 6 fully saturated rings. The molecule has 6 aliphatic rings. The summed E-state index contributed by atoms with van der Waals surface area (Å²) in [6, 6.07) is 1.07. The fourth-order valence-electron chi connectivity index (χ4n) is 9.15. The summed E-state index contributed by atoms with van der Waals surface area (Å²) in [5, 5.41) is 7.21. The van der Waals surface area contributed by atoms with Gasteiger partial charge in [-0.1, -0.05) is 37.7 Å². The van der Waals surface area contributed by atoms with Gasteiger partial charge >= 0.3 is 0 Å². The van der Waals surface area contributed by atoms with Gasteiger partial charge in [0.05, 0.1) is 30.6 Å². The highest BCUT2D eigenvalue weighted by atomic mass is 16.5.